The Balaban J connectivity index is 2.00. The van der Waals surface area contributed by atoms with E-state index in [-0.39, 0.29) is 0 Å². The van der Waals surface area contributed by atoms with Crippen molar-refractivity contribution in [2.45, 2.75) is 19.0 Å². The Morgan fingerprint density at radius 2 is 2.00 bits per heavy atom. The van der Waals surface area contributed by atoms with Gasteiger partial charge in [0, 0.05) is 12.0 Å². The molecule has 1 atom stereocenters. The SMILES string of the molecule is C=CC[C@H]([NH2+]Cc1cccs1)c1ccccc1. The van der Waals surface area contributed by atoms with Crippen molar-refractivity contribution in [2.75, 3.05) is 0 Å². The smallest absolute Gasteiger partial charge is 0.115 e. The molecule has 0 radical (unpaired) electrons. The van der Waals surface area contributed by atoms with Gasteiger partial charge < -0.3 is 5.32 Å². The normalized spacial score (nSPS) is 12.2. The van der Waals surface area contributed by atoms with E-state index in [0.29, 0.717) is 6.04 Å². The minimum Gasteiger partial charge on any atom is -0.335 e. The van der Waals surface area contributed by atoms with Crippen LogP contribution in [0.25, 0.3) is 0 Å². The van der Waals surface area contributed by atoms with Crippen LogP contribution in [-0.4, -0.2) is 0 Å². The van der Waals surface area contributed by atoms with Crippen molar-refractivity contribution < 1.29 is 5.32 Å². The van der Waals surface area contributed by atoms with Gasteiger partial charge in [0.15, 0.2) is 0 Å². The van der Waals surface area contributed by atoms with E-state index in [1.807, 2.05) is 17.4 Å². The van der Waals surface area contributed by atoms with Gasteiger partial charge in [0.2, 0.25) is 0 Å². The van der Waals surface area contributed by atoms with Gasteiger partial charge in [0.05, 0.1) is 4.88 Å². The molecule has 0 spiro atoms. The molecular formula is C15H18NS+. The third-order valence-electron chi connectivity index (χ3n) is 2.83. The Hall–Kier alpha value is -1.38. The summed E-state index contributed by atoms with van der Waals surface area (Å²) in [5.74, 6) is 0. The van der Waals surface area contributed by atoms with Crippen LogP contribution in [-0.2, 0) is 6.54 Å². The van der Waals surface area contributed by atoms with Crippen LogP contribution in [0, 0.1) is 0 Å². The lowest BCUT2D eigenvalue weighted by Gasteiger charge is -2.13. The highest BCUT2D eigenvalue weighted by Crippen LogP contribution is 2.13. The first-order valence-electron chi connectivity index (χ1n) is 5.91. The van der Waals surface area contributed by atoms with E-state index in [2.05, 4.69) is 59.7 Å². The lowest BCUT2D eigenvalue weighted by molar-refractivity contribution is -0.710. The van der Waals surface area contributed by atoms with Gasteiger partial charge in [0.25, 0.3) is 0 Å². The molecule has 2 aromatic rings. The molecule has 0 aliphatic heterocycles. The molecule has 2 rings (SSSR count). The molecule has 1 aromatic heterocycles. The Kier molecular flexibility index (Phi) is 4.54. The monoisotopic (exact) mass is 244 g/mol. The second-order valence-corrected chi connectivity index (χ2v) is 5.09. The van der Waals surface area contributed by atoms with Gasteiger partial charge >= 0.3 is 0 Å². The molecule has 0 aliphatic rings. The lowest BCUT2D eigenvalue weighted by atomic mass is 10.0. The summed E-state index contributed by atoms with van der Waals surface area (Å²) >= 11 is 1.82. The maximum Gasteiger partial charge on any atom is 0.115 e. The van der Waals surface area contributed by atoms with Crippen LogP contribution in [0.4, 0.5) is 0 Å². The molecule has 1 nitrogen and oxygen atoms in total. The highest BCUT2D eigenvalue weighted by molar-refractivity contribution is 7.09. The summed E-state index contributed by atoms with van der Waals surface area (Å²) < 4.78 is 0. The summed E-state index contributed by atoms with van der Waals surface area (Å²) in [6, 6.07) is 15.4. The number of hydrogen-bond acceptors (Lipinski definition) is 1. The summed E-state index contributed by atoms with van der Waals surface area (Å²) in [5, 5.41) is 4.52. The van der Waals surface area contributed by atoms with Crippen molar-refractivity contribution in [3.8, 4) is 0 Å². The minimum atomic E-state index is 0.482. The van der Waals surface area contributed by atoms with Crippen molar-refractivity contribution in [1.82, 2.24) is 0 Å². The van der Waals surface area contributed by atoms with Crippen molar-refractivity contribution in [1.29, 1.82) is 0 Å². The van der Waals surface area contributed by atoms with Crippen molar-refractivity contribution in [3.05, 3.63) is 70.9 Å². The fourth-order valence-corrected chi connectivity index (χ4v) is 2.62. The predicted octanol–water partition coefficient (Wildman–Crippen LogP) is 3.13. The second-order valence-electron chi connectivity index (χ2n) is 4.06. The number of benzene rings is 1. The van der Waals surface area contributed by atoms with Crippen LogP contribution in [0.15, 0.2) is 60.5 Å². The largest absolute Gasteiger partial charge is 0.335 e. The average molecular weight is 244 g/mol. The molecule has 0 saturated carbocycles. The molecule has 0 unspecified atom stereocenters. The van der Waals surface area contributed by atoms with E-state index in [1.165, 1.54) is 10.4 Å². The highest BCUT2D eigenvalue weighted by Gasteiger charge is 2.12. The van der Waals surface area contributed by atoms with Gasteiger partial charge in [-0.3, -0.25) is 0 Å². The Labute approximate surface area is 107 Å². The molecule has 0 fully saturated rings. The maximum atomic E-state index is 3.85. The first-order chi connectivity index (χ1) is 8.40. The summed E-state index contributed by atoms with van der Waals surface area (Å²) in [6.07, 6.45) is 3.01. The van der Waals surface area contributed by atoms with E-state index < -0.39 is 0 Å². The topological polar surface area (TPSA) is 16.6 Å². The first kappa shape index (κ1) is 12.1. The zero-order valence-corrected chi connectivity index (χ0v) is 10.7. The molecule has 0 aliphatic carbocycles. The van der Waals surface area contributed by atoms with E-state index in [1.54, 1.807) is 0 Å². The van der Waals surface area contributed by atoms with Crippen LogP contribution in [0.1, 0.15) is 22.9 Å². The van der Waals surface area contributed by atoms with Crippen LogP contribution < -0.4 is 5.32 Å². The van der Waals surface area contributed by atoms with Crippen molar-refractivity contribution >= 4 is 11.3 Å². The average Bonchev–Trinajstić information content (AvgIpc) is 2.88. The Bertz CT molecular complexity index is 433. The number of quaternary nitrogens is 1. The Morgan fingerprint density at radius 1 is 1.18 bits per heavy atom. The van der Waals surface area contributed by atoms with Crippen LogP contribution >= 0.6 is 11.3 Å². The van der Waals surface area contributed by atoms with Crippen molar-refractivity contribution in [2.24, 2.45) is 0 Å². The summed E-state index contributed by atoms with van der Waals surface area (Å²) in [6.45, 7) is 4.90. The predicted molar refractivity (Wildman–Crippen MR) is 73.9 cm³/mol. The van der Waals surface area contributed by atoms with E-state index >= 15 is 0 Å². The third-order valence-corrected chi connectivity index (χ3v) is 3.73. The van der Waals surface area contributed by atoms with E-state index in [9.17, 15) is 0 Å². The fraction of sp³-hybridized carbons (Fsp3) is 0.200. The third kappa shape index (κ3) is 3.55. The van der Waals surface area contributed by atoms with Crippen molar-refractivity contribution in [3.63, 3.8) is 0 Å². The number of nitrogens with two attached hydrogens (primary N) is 1. The van der Waals surface area contributed by atoms with Crippen LogP contribution in [0.3, 0.4) is 0 Å². The molecule has 2 heteroatoms. The summed E-state index contributed by atoms with van der Waals surface area (Å²) in [5.41, 5.74) is 1.38. The van der Waals surface area contributed by atoms with Crippen LogP contribution in [0.2, 0.25) is 0 Å². The molecule has 0 amide bonds. The summed E-state index contributed by atoms with van der Waals surface area (Å²) in [7, 11) is 0. The molecule has 2 N–H and O–H groups in total. The standard InChI is InChI=1S/C15H17NS/c1-2-7-15(13-8-4-3-5-9-13)16-12-14-10-6-11-17-14/h2-6,8-11,15-16H,1,7,12H2/p+1/t15-/m0/s1. The molecule has 88 valence electrons. The summed E-state index contributed by atoms with van der Waals surface area (Å²) in [4.78, 5) is 1.43. The Morgan fingerprint density at radius 3 is 2.65 bits per heavy atom. The molecular weight excluding hydrogens is 226 g/mol. The molecule has 17 heavy (non-hydrogen) atoms. The number of thiophene rings is 1. The quantitative estimate of drug-likeness (QED) is 0.752. The molecule has 1 heterocycles. The van der Waals surface area contributed by atoms with Gasteiger partial charge in [-0.2, -0.15) is 0 Å². The maximum absolute atomic E-state index is 3.85. The zero-order chi connectivity index (χ0) is 11.9. The highest BCUT2D eigenvalue weighted by atomic mass is 32.1. The second kappa shape index (κ2) is 6.38. The number of hydrogen-bond donors (Lipinski definition) is 1. The zero-order valence-electron chi connectivity index (χ0n) is 9.88. The molecule has 1 aromatic carbocycles. The van der Waals surface area contributed by atoms with Gasteiger partial charge in [-0.05, 0) is 11.4 Å². The first-order valence-corrected chi connectivity index (χ1v) is 6.79. The van der Waals surface area contributed by atoms with Gasteiger partial charge in [0.1, 0.15) is 12.6 Å². The van der Waals surface area contributed by atoms with Crippen LogP contribution in [0.5, 0.6) is 0 Å². The van der Waals surface area contributed by atoms with E-state index in [0.717, 1.165) is 13.0 Å². The van der Waals surface area contributed by atoms with Gasteiger partial charge in [-0.1, -0.05) is 42.5 Å². The number of rotatable bonds is 6. The molecule has 0 bridgehead atoms. The fourth-order valence-electron chi connectivity index (χ4n) is 1.94. The van der Waals surface area contributed by atoms with E-state index in [4.69, 9.17) is 0 Å². The van der Waals surface area contributed by atoms with Gasteiger partial charge in [-0.15, -0.1) is 17.9 Å². The minimum absolute atomic E-state index is 0.482. The lowest BCUT2D eigenvalue weighted by Crippen LogP contribution is -2.83. The molecule has 0 saturated heterocycles. The van der Waals surface area contributed by atoms with Gasteiger partial charge in [-0.25, -0.2) is 0 Å².